The maximum absolute atomic E-state index is 5.66. The number of rotatable bonds is 4. The van der Waals surface area contributed by atoms with Crippen LogP contribution < -0.4 is 0 Å². The molecule has 0 spiro atoms. The number of hydrogen-bond donors (Lipinski definition) is 0. The summed E-state index contributed by atoms with van der Waals surface area (Å²) in [5.74, 6) is 0.661. The Kier molecular flexibility index (Phi) is 6.60. The van der Waals surface area contributed by atoms with Crippen molar-refractivity contribution in [3.63, 3.8) is 0 Å². The van der Waals surface area contributed by atoms with Gasteiger partial charge in [0.05, 0.1) is 22.2 Å². The van der Waals surface area contributed by atoms with Crippen LogP contribution in [0.4, 0.5) is 0 Å². The third-order valence-corrected chi connectivity index (χ3v) is 11.6. The van der Waals surface area contributed by atoms with E-state index in [1.807, 2.05) is 0 Å². The minimum absolute atomic E-state index is 0.208. The molecule has 1 aliphatic carbocycles. The van der Waals surface area contributed by atoms with E-state index in [2.05, 4.69) is 194 Å². The van der Waals surface area contributed by atoms with Crippen molar-refractivity contribution in [3.05, 3.63) is 187 Å². The summed E-state index contributed by atoms with van der Waals surface area (Å²) in [4.78, 5) is 11.2. The van der Waals surface area contributed by atoms with E-state index in [-0.39, 0.29) is 5.41 Å². The van der Waals surface area contributed by atoms with Gasteiger partial charge in [-0.3, -0.25) is 4.57 Å². The van der Waals surface area contributed by atoms with Crippen molar-refractivity contribution in [2.45, 2.75) is 19.3 Å². The fraction of sp³-hybridized carbons (Fsp3) is 0.0588. The molecule has 0 saturated heterocycles. The number of nitrogens with zero attached hydrogens (tertiary/aromatic N) is 3. The van der Waals surface area contributed by atoms with E-state index in [0.717, 1.165) is 44.3 Å². The molecule has 2 aromatic heterocycles. The molecule has 254 valence electrons. The Morgan fingerprint density at radius 2 is 1.09 bits per heavy atom. The number of fused-ring (bicyclic) bond motifs is 8. The second-order valence-electron chi connectivity index (χ2n) is 15.0. The lowest BCUT2D eigenvalue weighted by Gasteiger charge is -2.25. The van der Waals surface area contributed by atoms with Gasteiger partial charge in [0.2, 0.25) is 5.95 Å². The lowest BCUT2D eigenvalue weighted by Crippen LogP contribution is -2.16. The quantitative estimate of drug-likeness (QED) is 0.184. The topological polar surface area (TPSA) is 30.7 Å². The summed E-state index contributed by atoms with van der Waals surface area (Å²) in [6.07, 6.45) is 0. The highest BCUT2D eigenvalue weighted by Gasteiger charge is 2.38. The Balaban J connectivity index is 1.27. The lowest BCUT2D eigenvalue weighted by molar-refractivity contribution is 0.662. The third kappa shape index (κ3) is 4.48. The molecular weight excluding hydrogens is 655 g/mol. The lowest BCUT2D eigenvalue weighted by atomic mass is 9.79. The highest BCUT2D eigenvalue weighted by Crippen LogP contribution is 2.52. The average molecular weight is 690 g/mol. The Labute approximate surface area is 313 Å². The first kappa shape index (κ1) is 30.8. The van der Waals surface area contributed by atoms with Crippen LogP contribution >= 0.6 is 0 Å². The Morgan fingerprint density at radius 3 is 1.91 bits per heavy atom. The molecule has 0 atom stereocenters. The predicted molar refractivity (Wildman–Crippen MR) is 225 cm³/mol. The minimum atomic E-state index is -0.208. The molecule has 2 heterocycles. The monoisotopic (exact) mass is 689 g/mol. The molecule has 54 heavy (non-hydrogen) atoms. The first-order chi connectivity index (χ1) is 26.5. The molecule has 0 amide bonds. The maximum Gasteiger partial charge on any atom is 0.235 e. The molecule has 8 aromatic carbocycles. The van der Waals surface area contributed by atoms with Crippen LogP contribution in [0.3, 0.4) is 0 Å². The van der Waals surface area contributed by atoms with E-state index in [1.165, 1.54) is 54.9 Å². The third-order valence-electron chi connectivity index (χ3n) is 11.6. The molecule has 0 saturated carbocycles. The van der Waals surface area contributed by atoms with Gasteiger partial charge in [0.1, 0.15) is 0 Å². The van der Waals surface area contributed by atoms with Gasteiger partial charge in [-0.05, 0) is 85.6 Å². The first-order valence-electron chi connectivity index (χ1n) is 18.7. The second kappa shape index (κ2) is 11.6. The maximum atomic E-state index is 5.66. The van der Waals surface area contributed by atoms with E-state index >= 15 is 0 Å². The van der Waals surface area contributed by atoms with E-state index in [0.29, 0.717) is 5.95 Å². The van der Waals surface area contributed by atoms with Crippen LogP contribution in [0.25, 0.3) is 94.1 Å². The Hall–Kier alpha value is -6.84. The van der Waals surface area contributed by atoms with Gasteiger partial charge < -0.3 is 0 Å². The second-order valence-corrected chi connectivity index (χ2v) is 15.0. The standard InChI is InChI=1S/C51H35N3/c1-51(2)43-25-12-11-21-38(43)39-23-13-24-41(48(39)51)49-40-28-27-36(32-15-5-3-6-16-32)30-44(40)52-50(53-49)54-45-26-14-22-37(33-17-7-4-8-18-33)47(45)42-29-34-19-9-10-20-35(34)31-46(42)54/h3-31H,1-2H3. The molecule has 0 N–H and O–H groups in total. The fourth-order valence-corrected chi connectivity index (χ4v) is 9.10. The van der Waals surface area contributed by atoms with Crippen molar-refractivity contribution in [2.75, 3.05) is 0 Å². The average Bonchev–Trinajstić information content (AvgIpc) is 3.68. The Morgan fingerprint density at radius 1 is 0.444 bits per heavy atom. The van der Waals surface area contributed by atoms with Crippen molar-refractivity contribution in [1.29, 1.82) is 0 Å². The molecule has 0 radical (unpaired) electrons. The molecule has 0 unspecified atom stereocenters. The number of benzene rings is 8. The Bertz CT molecular complexity index is 3120. The SMILES string of the molecule is CC1(C)c2ccccc2-c2cccc(-c3nc(-n4c5cc6ccccc6cc5c5c(-c6ccccc6)cccc54)nc4cc(-c5ccccc5)ccc34)c21. The zero-order chi connectivity index (χ0) is 36.0. The molecule has 11 rings (SSSR count). The molecular formula is C51H35N3. The van der Waals surface area contributed by atoms with Crippen molar-refractivity contribution in [1.82, 2.24) is 14.5 Å². The van der Waals surface area contributed by atoms with Crippen LogP contribution in [0.15, 0.2) is 176 Å². The predicted octanol–water partition coefficient (Wildman–Crippen LogP) is 13.2. The highest BCUT2D eigenvalue weighted by molar-refractivity contribution is 6.18. The molecule has 0 bridgehead atoms. The number of hydrogen-bond acceptors (Lipinski definition) is 2. The summed E-state index contributed by atoms with van der Waals surface area (Å²) >= 11 is 0. The van der Waals surface area contributed by atoms with E-state index in [4.69, 9.17) is 9.97 Å². The largest absolute Gasteiger partial charge is 0.278 e. The first-order valence-corrected chi connectivity index (χ1v) is 18.7. The summed E-state index contributed by atoms with van der Waals surface area (Å²) in [7, 11) is 0. The van der Waals surface area contributed by atoms with Gasteiger partial charge in [-0.1, -0.05) is 159 Å². The van der Waals surface area contributed by atoms with E-state index < -0.39 is 0 Å². The van der Waals surface area contributed by atoms with E-state index in [1.54, 1.807) is 0 Å². The van der Waals surface area contributed by atoms with Gasteiger partial charge in [0.15, 0.2) is 0 Å². The van der Waals surface area contributed by atoms with Crippen LogP contribution in [-0.2, 0) is 5.41 Å². The molecule has 0 aliphatic heterocycles. The summed E-state index contributed by atoms with van der Waals surface area (Å²) < 4.78 is 2.30. The minimum Gasteiger partial charge on any atom is -0.278 e. The van der Waals surface area contributed by atoms with Crippen molar-refractivity contribution in [2.24, 2.45) is 0 Å². The van der Waals surface area contributed by atoms with Crippen molar-refractivity contribution >= 4 is 43.5 Å². The van der Waals surface area contributed by atoms with Crippen LogP contribution in [0.1, 0.15) is 25.0 Å². The highest BCUT2D eigenvalue weighted by atomic mass is 15.2. The number of aromatic nitrogens is 3. The molecule has 1 aliphatic rings. The van der Waals surface area contributed by atoms with E-state index in [9.17, 15) is 0 Å². The van der Waals surface area contributed by atoms with Gasteiger partial charge in [-0.25, -0.2) is 9.97 Å². The zero-order valence-electron chi connectivity index (χ0n) is 30.1. The van der Waals surface area contributed by atoms with Gasteiger partial charge in [0.25, 0.3) is 0 Å². The molecule has 3 heteroatoms. The normalized spacial score (nSPS) is 13.1. The molecule has 10 aromatic rings. The summed E-state index contributed by atoms with van der Waals surface area (Å²) in [5, 5.41) is 5.81. The molecule has 3 nitrogen and oxygen atoms in total. The summed E-state index contributed by atoms with van der Waals surface area (Å²) in [6.45, 7) is 4.70. The van der Waals surface area contributed by atoms with Gasteiger partial charge in [-0.2, -0.15) is 0 Å². The van der Waals surface area contributed by atoms with Crippen molar-refractivity contribution in [3.8, 4) is 50.6 Å². The molecule has 0 fully saturated rings. The van der Waals surface area contributed by atoms with Gasteiger partial charge in [0, 0.05) is 27.1 Å². The summed E-state index contributed by atoms with van der Waals surface area (Å²) in [6, 6.07) is 63.4. The van der Waals surface area contributed by atoms with Crippen LogP contribution in [0.2, 0.25) is 0 Å². The van der Waals surface area contributed by atoms with Crippen LogP contribution in [0.5, 0.6) is 0 Å². The van der Waals surface area contributed by atoms with Gasteiger partial charge in [-0.15, -0.1) is 0 Å². The fourth-order valence-electron chi connectivity index (χ4n) is 9.10. The van der Waals surface area contributed by atoms with Crippen LogP contribution in [0, 0.1) is 0 Å². The summed E-state index contributed by atoms with van der Waals surface area (Å²) in [5.41, 5.74) is 14.9. The van der Waals surface area contributed by atoms with Crippen molar-refractivity contribution < 1.29 is 0 Å². The van der Waals surface area contributed by atoms with Gasteiger partial charge >= 0.3 is 0 Å². The smallest absolute Gasteiger partial charge is 0.235 e. The zero-order valence-corrected chi connectivity index (χ0v) is 30.1. The van der Waals surface area contributed by atoms with Crippen LogP contribution in [-0.4, -0.2) is 14.5 Å².